The van der Waals surface area contributed by atoms with Crippen molar-refractivity contribution in [1.82, 2.24) is 0 Å². The molecule has 2 unspecified atom stereocenters. The maximum atomic E-state index is 13.0. The number of aliphatic hydroxyl groups excluding tert-OH is 1. The van der Waals surface area contributed by atoms with Crippen LogP contribution in [0.4, 0.5) is 18.2 Å². The molecule has 0 fully saturated rings. The molecule has 0 aliphatic heterocycles. The lowest BCUT2D eigenvalue weighted by atomic mass is 10.1. The van der Waals surface area contributed by atoms with Gasteiger partial charge in [0.1, 0.15) is 15.3 Å². The lowest BCUT2D eigenvalue weighted by Gasteiger charge is -2.23. The van der Waals surface area contributed by atoms with Gasteiger partial charge in [-0.15, -0.1) is 24.5 Å². The molecule has 14 heteroatoms. The van der Waals surface area contributed by atoms with Gasteiger partial charge in [-0.3, -0.25) is 14.3 Å². The summed E-state index contributed by atoms with van der Waals surface area (Å²) in [7, 11) is -4.59. The number of carbonyl (C=O) groups is 2. The summed E-state index contributed by atoms with van der Waals surface area (Å²) in [4.78, 5) is 22.9. The fourth-order valence-electron chi connectivity index (χ4n) is 2.35. The molecule has 2 rings (SSSR count). The number of primary amides is 1. The number of amides is 2. The van der Waals surface area contributed by atoms with Gasteiger partial charge in [0.2, 0.25) is 15.7 Å². The number of hydrogen-bond acceptors (Lipinski definition) is 7. The van der Waals surface area contributed by atoms with Crippen molar-refractivity contribution < 1.29 is 41.0 Å². The van der Waals surface area contributed by atoms with E-state index in [4.69, 9.17) is 22.4 Å². The molecule has 30 heavy (non-hydrogen) atoms. The third-order valence-corrected chi connectivity index (χ3v) is 7.57. The molecule has 0 spiro atoms. The van der Waals surface area contributed by atoms with Crippen LogP contribution in [0.15, 0.2) is 32.4 Å². The summed E-state index contributed by atoms with van der Waals surface area (Å²) in [5, 5.41) is 11.0. The number of thiophene rings is 1. The number of allylic oxidation sites excluding steroid dienone is 2. The molecule has 2 atom stereocenters. The maximum Gasteiger partial charge on any atom is 0.523 e. The normalized spacial score (nSPS) is 18.4. The van der Waals surface area contributed by atoms with E-state index in [1.165, 1.54) is 13.0 Å². The summed E-state index contributed by atoms with van der Waals surface area (Å²) >= 11 is 6.20. The molecule has 8 nitrogen and oxygen atoms in total. The number of hydrogen-bond donors (Lipinski definition) is 3. The minimum Gasteiger partial charge on any atom is -0.396 e. The second-order valence-corrected chi connectivity index (χ2v) is 9.84. The van der Waals surface area contributed by atoms with Crippen molar-refractivity contribution in [3.05, 3.63) is 33.7 Å². The highest BCUT2D eigenvalue weighted by Gasteiger charge is 2.40. The molecule has 1 aliphatic carbocycles. The van der Waals surface area contributed by atoms with Gasteiger partial charge in [-0.25, -0.2) is 8.42 Å². The zero-order chi connectivity index (χ0) is 22.9. The van der Waals surface area contributed by atoms with Gasteiger partial charge in [0.05, 0.1) is 23.0 Å². The molecule has 1 aliphatic rings. The lowest BCUT2D eigenvalue weighted by Crippen LogP contribution is -2.29. The minimum atomic E-state index is -5.11. The van der Waals surface area contributed by atoms with Crippen molar-refractivity contribution in [2.24, 2.45) is 11.7 Å². The highest BCUT2D eigenvalue weighted by molar-refractivity contribution is 7.97. The van der Waals surface area contributed by atoms with E-state index in [1.54, 1.807) is 0 Å². The SMILES string of the molecule is CC(CO)C(=O)Nc1sc(S(=O)(=O)C2=CC(Cl)=CCC2OC(F)(F)F)cc1C(N)=O. The Bertz CT molecular complexity index is 1020. The minimum absolute atomic E-state index is 0.104. The quantitative estimate of drug-likeness (QED) is 0.539. The molecular weight excluding hydrogens is 473 g/mol. The summed E-state index contributed by atoms with van der Waals surface area (Å²) in [6.07, 6.45) is -5.45. The first-order valence-corrected chi connectivity index (χ1v) is 10.9. The number of sulfone groups is 1. The van der Waals surface area contributed by atoms with Crippen molar-refractivity contribution >= 4 is 49.6 Å². The third kappa shape index (κ3) is 5.60. The van der Waals surface area contributed by atoms with Crippen LogP contribution >= 0.6 is 22.9 Å². The van der Waals surface area contributed by atoms with Crippen molar-refractivity contribution in [3.8, 4) is 0 Å². The van der Waals surface area contributed by atoms with E-state index < -0.39 is 62.2 Å². The maximum absolute atomic E-state index is 13.0. The van der Waals surface area contributed by atoms with Crippen LogP contribution in [0, 0.1) is 5.92 Å². The predicted molar refractivity (Wildman–Crippen MR) is 102 cm³/mol. The number of rotatable bonds is 7. The molecule has 1 heterocycles. The average molecular weight is 489 g/mol. The second-order valence-electron chi connectivity index (χ2n) is 6.17. The molecule has 0 radical (unpaired) electrons. The molecule has 0 saturated carbocycles. The molecule has 1 aromatic heterocycles. The van der Waals surface area contributed by atoms with Crippen LogP contribution in [0.25, 0.3) is 0 Å². The van der Waals surface area contributed by atoms with Crippen LogP contribution < -0.4 is 11.1 Å². The van der Waals surface area contributed by atoms with Crippen molar-refractivity contribution in [2.45, 2.75) is 30.0 Å². The molecular formula is C16H16ClF3N2O6S2. The van der Waals surface area contributed by atoms with E-state index in [9.17, 15) is 31.2 Å². The van der Waals surface area contributed by atoms with Crippen LogP contribution in [0.3, 0.4) is 0 Å². The molecule has 4 N–H and O–H groups in total. The van der Waals surface area contributed by atoms with Gasteiger partial charge in [0.25, 0.3) is 5.91 Å². The Labute approximate surface area is 178 Å². The Balaban J connectivity index is 2.50. The van der Waals surface area contributed by atoms with Crippen LogP contribution in [-0.2, 0) is 19.4 Å². The Morgan fingerprint density at radius 1 is 1.47 bits per heavy atom. The second kappa shape index (κ2) is 9.06. The number of nitrogens with two attached hydrogens (primary N) is 1. The van der Waals surface area contributed by atoms with Crippen LogP contribution in [0.1, 0.15) is 23.7 Å². The first-order valence-electron chi connectivity index (χ1n) is 8.18. The van der Waals surface area contributed by atoms with E-state index in [1.807, 2.05) is 0 Å². The number of ether oxygens (including phenoxy) is 1. The molecule has 1 aromatic rings. The average Bonchev–Trinajstić information content (AvgIpc) is 3.06. The number of carbonyl (C=O) groups excluding carboxylic acids is 2. The number of alkyl halides is 3. The Kier molecular flexibility index (Phi) is 7.35. The molecule has 2 amide bonds. The van der Waals surface area contributed by atoms with E-state index in [2.05, 4.69) is 10.1 Å². The topological polar surface area (TPSA) is 136 Å². The first kappa shape index (κ1) is 24.3. The Morgan fingerprint density at radius 2 is 2.10 bits per heavy atom. The van der Waals surface area contributed by atoms with Crippen LogP contribution in [0.2, 0.25) is 0 Å². The standard InChI is InChI=1S/C16H16ClF3N2O6S2/c1-7(6-23)14(25)22-15-9(13(21)24)5-12(29-15)30(26,27)11-4-8(17)2-3-10(11)28-16(18,19)20/h2,4-5,7,10,23H,3,6H2,1H3,(H2,21,24)(H,22,25). The van der Waals surface area contributed by atoms with E-state index >= 15 is 0 Å². The van der Waals surface area contributed by atoms with E-state index in [-0.39, 0.29) is 15.6 Å². The molecule has 0 aromatic carbocycles. The van der Waals surface area contributed by atoms with Crippen LogP contribution in [0.5, 0.6) is 0 Å². The summed E-state index contributed by atoms with van der Waals surface area (Å²) in [6, 6.07) is 0.847. The lowest BCUT2D eigenvalue weighted by molar-refractivity contribution is -0.336. The highest BCUT2D eigenvalue weighted by atomic mass is 35.5. The third-order valence-electron chi connectivity index (χ3n) is 3.91. The van der Waals surface area contributed by atoms with Crippen LogP contribution in [-0.4, -0.2) is 44.4 Å². The van der Waals surface area contributed by atoms with Gasteiger partial charge in [-0.1, -0.05) is 24.6 Å². The van der Waals surface area contributed by atoms with Gasteiger partial charge in [-0.05, 0) is 18.6 Å². The van der Waals surface area contributed by atoms with E-state index in [0.717, 1.165) is 12.1 Å². The van der Waals surface area contributed by atoms with Crippen molar-refractivity contribution in [1.29, 1.82) is 0 Å². The summed E-state index contributed by atoms with van der Waals surface area (Å²) in [5.41, 5.74) is 4.86. The summed E-state index contributed by atoms with van der Waals surface area (Å²) in [5.74, 6) is -2.66. The fraction of sp³-hybridized carbons (Fsp3) is 0.375. The van der Waals surface area contributed by atoms with Gasteiger partial charge in [0, 0.05) is 5.03 Å². The number of anilines is 1. The number of nitrogens with one attached hydrogen (secondary N) is 1. The fourth-order valence-corrected chi connectivity index (χ4v) is 5.68. The van der Waals surface area contributed by atoms with Crippen molar-refractivity contribution in [3.63, 3.8) is 0 Å². The zero-order valence-corrected chi connectivity index (χ0v) is 17.6. The summed E-state index contributed by atoms with van der Waals surface area (Å²) in [6.45, 7) is 0.868. The monoisotopic (exact) mass is 488 g/mol. The van der Waals surface area contributed by atoms with Gasteiger partial charge >= 0.3 is 6.36 Å². The molecule has 0 bridgehead atoms. The highest BCUT2D eigenvalue weighted by Crippen LogP contribution is 2.39. The Morgan fingerprint density at radius 3 is 2.63 bits per heavy atom. The van der Waals surface area contributed by atoms with Gasteiger partial charge in [-0.2, -0.15) is 0 Å². The molecule has 166 valence electrons. The van der Waals surface area contributed by atoms with E-state index in [0.29, 0.717) is 11.3 Å². The molecule has 0 saturated heterocycles. The van der Waals surface area contributed by atoms with Gasteiger partial charge < -0.3 is 16.2 Å². The smallest absolute Gasteiger partial charge is 0.396 e. The first-order chi connectivity index (χ1) is 13.8. The number of halogens is 4. The summed E-state index contributed by atoms with van der Waals surface area (Å²) < 4.78 is 67.5. The number of aliphatic hydroxyl groups is 1. The predicted octanol–water partition coefficient (Wildman–Crippen LogP) is 2.50. The van der Waals surface area contributed by atoms with Gasteiger partial charge in [0.15, 0.2) is 0 Å². The van der Waals surface area contributed by atoms with Crippen molar-refractivity contribution in [2.75, 3.05) is 11.9 Å². The largest absolute Gasteiger partial charge is 0.523 e. The zero-order valence-electron chi connectivity index (χ0n) is 15.2. The Hall–Kier alpha value is -1.93.